The van der Waals surface area contributed by atoms with Crippen molar-refractivity contribution < 1.29 is 24.3 Å². The van der Waals surface area contributed by atoms with Gasteiger partial charge in [-0.2, -0.15) is 0 Å². The minimum absolute atomic E-state index is 0.183. The lowest BCUT2D eigenvalue weighted by Crippen LogP contribution is -2.27. The van der Waals surface area contributed by atoms with Gasteiger partial charge in [0, 0.05) is 6.42 Å². The maximum absolute atomic E-state index is 10.8. The lowest BCUT2D eigenvalue weighted by Gasteiger charge is -2.07. The molecule has 5 heteroatoms. The maximum atomic E-state index is 10.8. The Hall–Kier alpha value is -1.78. The zero-order valence-corrected chi connectivity index (χ0v) is 6.57. The Kier molecular flexibility index (Phi) is 2.36. The molecule has 0 fully saturated rings. The maximum Gasteiger partial charge on any atom is 0.307 e. The first-order chi connectivity index (χ1) is 6.00. The van der Waals surface area contributed by atoms with Crippen molar-refractivity contribution in [1.82, 2.24) is 0 Å². The van der Waals surface area contributed by atoms with Gasteiger partial charge in [-0.15, -0.1) is 0 Å². The van der Waals surface area contributed by atoms with Gasteiger partial charge in [0.2, 0.25) is 11.6 Å². The number of carbonyl (C=O) groups excluding carboxylic acids is 3. The van der Waals surface area contributed by atoms with Crippen LogP contribution in [-0.2, 0) is 19.2 Å². The first-order valence-corrected chi connectivity index (χ1v) is 3.53. The predicted octanol–water partition coefficient (Wildman–Crippen LogP) is -0.501. The predicted molar refractivity (Wildman–Crippen MR) is 40.0 cm³/mol. The van der Waals surface area contributed by atoms with Crippen LogP contribution in [-0.4, -0.2) is 28.4 Å². The molecule has 13 heavy (non-hydrogen) atoms. The highest BCUT2D eigenvalue weighted by atomic mass is 16.4. The van der Waals surface area contributed by atoms with Gasteiger partial charge in [0.05, 0.1) is 6.42 Å². The lowest BCUT2D eigenvalue weighted by molar-refractivity contribution is -0.142. The molecule has 0 aliphatic heterocycles. The first-order valence-electron chi connectivity index (χ1n) is 3.53. The van der Waals surface area contributed by atoms with Gasteiger partial charge >= 0.3 is 5.97 Å². The normalized spacial score (nSPS) is 17.2. The van der Waals surface area contributed by atoms with E-state index in [9.17, 15) is 19.2 Å². The Morgan fingerprint density at radius 2 is 2.00 bits per heavy atom. The average molecular weight is 182 g/mol. The number of carboxylic acid groups (broad SMARTS) is 1. The van der Waals surface area contributed by atoms with Crippen LogP contribution in [0.4, 0.5) is 0 Å². The van der Waals surface area contributed by atoms with Crippen LogP contribution in [0.25, 0.3) is 0 Å². The number of carbonyl (C=O) groups is 4. The van der Waals surface area contributed by atoms with Gasteiger partial charge in [-0.05, 0) is 11.6 Å². The fourth-order valence-corrected chi connectivity index (χ4v) is 1.03. The highest BCUT2D eigenvalue weighted by molar-refractivity contribution is 6.67. The topological polar surface area (TPSA) is 88.5 Å². The zero-order valence-electron chi connectivity index (χ0n) is 6.57. The first kappa shape index (κ1) is 9.31. The molecule has 0 heterocycles. The summed E-state index contributed by atoms with van der Waals surface area (Å²) in [7, 11) is 0. The molecule has 0 bridgehead atoms. The number of aliphatic carboxylic acids is 1. The SMILES string of the molecule is O=C(O)CC1=CC(=O)C(=O)C(=O)C1. The number of hydrogen-bond donors (Lipinski definition) is 1. The monoisotopic (exact) mass is 182 g/mol. The van der Waals surface area contributed by atoms with E-state index >= 15 is 0 Å². The summed E-state index contributed by atoms with van der Waals surface area (Å²) in [5.41, 5.74) is 0.183. The van der Waals surface area contributed by atoms with Crippen molar-refractivity contribution in [3.05, 3.63) is 11.6 Å². The summed E-state index contributed by atoms with van der Waals surface area (Å²) in [6.45, 7) is 0. The summed E-state index contributed by atoms with van der Waals surface area (Å²) >= 11 is 0. The molecule has 68 valence electrons. The second kappa shape index (κ2) is 3.30. The van der Waals surface area contributed by atoms with E-state index in [4.69, 9.17) is 5.11 Å². The van der Waals surface area contributed by atoms with Crippen molar-refractivity contribution in [3.8, 4) is 0 Å². The van der Waals surface area contributed by atoms with Crippen LogP contribution < -0.4 is 0 Å². The van der Waals surface area contributed by atoms with Gasteiger partial charge in [-0.25, -0.2) is 0 Å². The lowest BCUT2D eigenvalue weighted by atomic mass is 9.94. The van der Waals surface area contributed by atoms with Gasteiger partial charge in [0.1, 0.15) is 0 Å². The Labute approximate surface area is 73.0 Å². The standard InChI is InChI=1S/C8H6O5/c9-5-1-4(3-7(11)12)2-6(10)8(5)13/h1H,2-3H2,(H,11,12). The van der Waals surface area contributed by atoms with E-state index in [-0.39, 0.29) is 18.4 Å². The van der Waals surface area contributed by atoms with Crippen LogP contribution in [0.15, 0.2) is 11.6 Å². The molecule has 1 aliphatic rings. The second-order valence-electron chi connectivity index (χ2n) is 2.67. The van der Waals surface area contributed by atoms with Gasteiger partial charge in [-0.3, -0.25) is 19.2 Å². The molecule has 0 spiro atoms. The van der Waals surface area contributed by atoms with Crippen LogP contribution in [0.3, 0.4) is 0 Å². The van der Waals surface area contributed by atoms with E-state index in [0.29, 0.717) is 0 Å². The van der Waals surface area contributed by atoms with E-state index in [1.165, 1.54) is 0 Å². The van der Waals surface area contributed by atoms with Gasteiger partial charge < -0.3 is 5.11 Å². The van der Waals surface area contributed by atoms with Gasteiger partial charge in [0.25, 0.3) is 5.78 Å². The largest absolute Gasteiger partial charge is 0.481 e. The molecule has 0 aromatic heterocycles. The molecular weight excluding hydrogens is 176 g/mol. The van der Waals surface area contributed by atoms with Crippen molar-refractivity contribution in [3.63, 3.8) is 0 Å². The van der Waals surface area contributed by atoms with Crippen molar-refractivity contribution in [2.75, 3.05) is 0 Å². The molecule has 0 aromatic rings. The summed E-state index contributed by atoms with van der Waals surface area (Å²) < 4.78 is 0. The molecule has 0 amide bonds. The van der Waals surface area contributed by atoms with Crippen molar-refractivity contribution in [1.29, 1.82) is 0 Å². The minimum atomic E-state index is -1.12. The van der Waals surface area contributed by atoms with Gasteiger partial charge in [0.15, 0.2) is 0 Å². The highest BCUT2D eigenvalue weighted by Gasteiger charge is 2.27. The van der Waals surface area contributed by atoms with Crippen LogP contribution in [0, 0.1) is 0 Å². The fourth-order valence-electron chi connectivity index (χ4n) is 1.03. The molecule has 1 aliphatic carbocycles. The number of allylic oxidation sites excluding steroid dienone is 1. The van der Waals surface area contributed by atoms with Crippen molar-refractivity contribution in [2.24, 2.45) is 0 Å². The summed E-state index contributed by atoms with van der Waals surface area (Å²) in [5.74, 6) is -3.94. The number of rotatable bonds is 2. The number of Topliss-reactive ketones (excluding diaryl/α,β-unsaturated/α-hetero) is 2. The smallest absolute Gasteiger partial charge is 0.307 e. The Bertz CT molecular complexity index is 336. The molecule has 0 saturated heterocycles. The Balaban J connectivity index is 2.85. The van der Waals surface area contributed by atoms with Crippen LogP contribution in [0.5, 0.6) is 0 Å². The molecule has 5 nitrogen and oxygen atoms in total. The van der Waals surface area contributed by atoms with Gasteiger partial charge in [-0.1, -0.05) is 0 Å². The third kappa shape index (κ3) is 2.08. The van der Waals surface area contributed by atoms with E-state index in [1.807, 2.05) is 0 Å². The minimum Gasteiger partial charge on any atom is -0.481 e. The molecule has 0 atom stereocenters. The summed E-state index contributed by atoms with van der Waals surface area (Å²) in [4.78, 5) is 42.4. The van der Waals surface area contributed by atoms with Crippen LogP contribution >= 0.6 is 0 Å². The highest BCUT2D eigenvalue weighted by Crippen LogP contribution is 2.13. The van der Waals surface area contributed by atoms with E-state index < -0.39 is 23.3 Å². The summed E-state index contributed by atoms with van der Waals surface area (Å²) in [6, 6.07) is 0. The Morgan fingerprint density at radius 3 is 2.46 bits per heavy atom. The fraction of sp³-hybridized carbons (Fsp3) is 0.250. The van der Waals surface area contributed by atoms with Crippen molar-refractivity contribution in [2.45, 2.75) is 12.8 Å². The number of carboxylic acids is 1. The molecular formula is C8H6O5. The average Bonchev–Trinajstić information content (AvgIpc) is 1.98. The molecule has 1 N–H and O–H groups in total. The molecule has 1 rings (SSSR count). The summed E-state index contributed by atoms with van der Waals surface area (Å²) in [5, 5.41) is 8.36. The Morgan fingerprint density at radius 1 is 1.38 bits per heavy atom. The van der Waals surface area contributed by atoms with Crippen LogP contribution in [0.1, 0.15) is 12.8 Å². The number of hydrogen-bond acceptors (Lipinski definition) is 4. The van der Waals surface area contributed by atoms with E-state index in [2.05, 4.69) is 0 Å². The molecule has 0 aromatic carbocycles. The number of ketones is 3. The van der Waals surface area contributed by atoms with Crippen LogP contribution in [0.2, 0.25) is 0 Å². The summed E-state index contributed by atoms with van der Waals surface area (Å²) in [6.07, 6.45) is 0.305. The van der Waals surface area contributed by atoms with Crippen molar-refractivity contribution >= 4 is 23.3 Å². The molecule has 0 saturated carbocycles. The third-order valence-corrected chi connectivity index (χ3v) is 1.58. The molecule has 0 radical (unpaired) electrons. The third-order valence-electron chi connectivity index (χ3n) is 1.58. The molecule has 0 unspecified atom stereocenters. The second-order valence-corrected chi connectivity index (χ2v) is 2.67. The van der Waals surface area contributed by atoms with E-state index in [0.717, 1.165) is 6.08 Å². The van der Waals surface area contributed by atoms with E-state index in [1.54, 1.807) is 0 Å². The quantitative estimate of drug-likeness (QED) is 0.581. The zero-order chi connectivity index (χ0) is 10.0.